The first-order valence-corrected chi connectivity index (χ1v) is 6.95. The van der Waals surface area contributed by atoms with Gasteiger partial charge >= 0.3 is 0 Å². The van der Waals surface area contributed by atoms with Gasteiger partial charge < -0.3 is 10.6 Å². The summed E-state index contributed by atoms with van der Waals surface area (Å²) in [5.74, 6) is 1.92. The van der Waals surface area contributed by atoms with Crippen LogP contribution in [0.2, 0.25) is 0 Å². The lowest BCUT2D eigenvalue weighted by molar-refractivity contribution is 0.191. The van der Waals surface area contributed by atoms with E-state index in [4.69, 9.17) is 5.73 Å². The van der Waals surface area contributed by atoms with Gasteiger partial charge in [0.05, 0.1) is 0 Å². The molecular formula is C11H26N2S. The third-order valence-electron chi connectivity index (χ3n) is 2.86. The minimum Gasteiger partial charge on any atom is -0.329 e. The van der Waals surface area contributed by atoms with Crippen LogP contribution >= 0.6 is 11.8 Å². The molecule has 2 atom stereocenters. The molecule has 2 N–H and O–H groups in total. The molecule has 0 fully saturated rings. The summed E-state index contributed by atoms with van der Waals surface area (Å²) in [5, 5.41) is 0. The summed E-state index contributed by atoms with van der Waals surface area (Å²) in [5.41, 5.74) is 5.83. The molecule has 0 saturated carbocycles. The van der Waals surface area contributed by atoms with Crippen LogP contribution in [0.15, 0.2) is 0 Å². The molecule has 0 saturated heterocycles. The van der Waals surface area contributed by atoms with Crippen molar-refractivity contribution in [2.75, 3.05) is 32.1 Å². The topological polar surface area (TPSA) is 29.3 Å². The molecule has 0 aromatic carbocycles. The first-order chi connectivity index (χ1) is 6.67. The summed E-state index contributed by atoms with van der Waals surface area (Å²) in [6.07, 6.45) is 4.69. The number of nitrogens with two attached hydrogens (primary N) is 1. The van der Waals surface area contributed by atoms with Crippen LogP contribution in [-0.4, -0.2) is 43.1 Å². The van der Waals surface area contributed by atoms with Crippen LogP contribution in [0.3, 0.4) is 0 Å². The molecule has 0 spiro atoms. The molecule has 0 radical (unpaired) electrons. The highest BCUT2D eigenvalue weighted by Crippen LogP contribution is 2.14. The van der Waals surface area contributed by atoms with E-state index in [0.29, 0.717) is 6.04 Å². The third kappa shape index (κ3) is 5.23. The van der Waals surface area contributed by atoms with Gasteiger partial charge in [-0.3, -0.25) is 0 Å². The van der Waals surface area contributed by atoms with Crippen molar-refractivity contribution in [3.8, 4) is 0 Å². The first-order valence-electron chi connectivity index (χ1n) is 5.56. The van der Waals surface area contributed by atoms with Crippen molar-refractivity contribution >= 4 is 11.8 Å². The Morgan fingerprint density at radius 3 is 2.50 bits per heavy atom. The number of hydrogen-bond donors (Lipinski definition) is 1. The molecule has 0 aliphatic carbocycles. The largest absolute Gasteiger partial charge is 0.329 e. The molecule has 0 aliphatic rings. The molecule has 0 aromatic heterocycles. The Morgan fingerprint density at radius 1 is 1.43 bits per heavy atom. The van der Waals surface area contributed by atoms with Crippen LogP contribution < -0.4 is 5.73 Å². The summed E-state index contributed by atoms with van der Waals surface area (Å²) in [6, 6.07) is 0.557. The Kier molecular flexibility index (Phi) is 8.73. The Morgan fingerprint density at radius 2 is 2.07 bits per heavy atom. The maximum Gasteiger partial charge on any atom is 0.0241 e. The minimum absolute atomic E-state index is 0.557. The van der Waals surface area contributed by atoms with Gasteiger partial charge in [0, 0.05) is 24.9 Å². The standard InChI is InChI=1S/C11H26N2S/c1-5-6-10(2)11(9-12)13(3)7-8-14-4/h10-11H,5-9,12H2,1-4H3. The Labute approximate surface area is 93.6 Å². The molecule has 0 rings (SSSR count). The normalized spacial score (nSPS) is 15.9. The van der Waals surface area contributed by atoms with E-state index >= 15 is 0 Å². The molecule has 2 unspecified atom stereocenters. The second-order valence-electron chi connectivity index (χ2n) is 4.04. The molecular weight excluding hydrogens is 192 g/mol. The van der Waals surface area contributed by atoms with Crippen molar-refractivity contribution in [1.29, 1.82) is 0 Å². The Balaban J connectivity index is 3.96. The van der Waals surface area contributed by atoms with Crippen molar-refractivity contribution in [3.63, 3.8) is 0 Å². The van der Waals surface area contributed by atoms with E-state index < -0.39 is 0 Å². The smallest absolute Gasteiger partial charge is 0.0241 e. The van der Waals surface area contributed by atoms with E-state index in [1.54, 1.807) is 0 Å². The number of rotatable bonds is 8. The summed E-state index contributed by atoms with van der Waals surface area (Å²) >= 11 is 1.90. The monoisotopic (exact) mass is 218 g/mol. The van der Waals surface area contributed by atoms with E-state index in [1.807, 2.05) is 11.8 Å². The predicted octanol–water partition coefficient (Wildman–Crippen LogP) is 2.04. The van der Waals surface area contributed by atoms with Gasteiger partial charge in [-0.2, -0.15) is 11.8 Å². The highest BCUT2D eigenvalue weighted by molar-refractivity contribution is 7.98. The van der Waals surface area contributed by atoms with Crippen molar-refractivity contribution in [2.24, 2.45) is 11.7 Å². The van der Waals surface area contributed by atoms with E-state index in [2.05, 4.69) is 32.1 Å². The number of likely N-dealkylation sites (N-methyl/N-ethyl adjacent to an activating group) is 1. The zero-order chi connectivity index (χ0) is 11.0. The molecule has 86 valence electrons. The van der Waals surface area contributed by atoms with Crippen molar-refractivity contribution < 1.29 is 0 Å². The molecule has 14 heavy (non-hydrogen) atoms. The van der Waals surface area contributed by atoms with Crippen LogP contribution in [0, 0.1) is 5.92 Å². The van der Waals surface area contributed by atoms with Gasteiger partial charge in [-0.15, -0.1) is 0 Å². The second-order valence-corrected chi connectivity index (χ2v) is 5.03. The van der Waals surface area contributed by atoms with Gasteiger partial charge in [0.1, 0.15) is 0 Å². The van der Waals surface area contributed by atoms with Gasteiger partial charge in [-0.05, 0) is 25.6 Å². The van der Waals surface area contributed by atoms with Gasteiger partial charge in [0.15, 0.2) is 0 Å². The average molecular weight is 218 g/mol. The van der Waals surface area contributed by atoms with E-state index in [1.165, 1.54) is 18.6 Å². The summed E-state index contributed by atoms with van der Waals surface area (Å²) < 4.78 is 0. The van der Waals surface area contributed by atoms with Crippen LogP contribution in [0.4, 0.5) is 0 Å². The van der Waals surface area contributed by atoms with E-state index in [-0.39, 0.29) is 0 Å². The molecule has 2 nitrogen and oxygen atoms in total. The number of thioether (sulfide) groups is 1. The fraction of sp³-hybridized carbons (Fsp3) is 1.00. The van der Waals surface area contributed by atoms with Crippen molar-refractivity contribution in [3.05, 3.63) is 0 Å². The lowest BCUT2D eigenvalue weighted by atomic mass is 9.96. The van der Waals surface area contributed by atoms with E-state index in [9.17, 15) is 0 Å². The van der Waals surface area contributed by atoms with Crippen molar-refractivity contribution in [1.82, 2.24) is 4.90 Å². The first kappa shape index (κ1) is 14.3. The van der Waals surface area contributed by atoms with Crippen LogP contribution in [0.1, 0.15) is 26.7 Å². The SMILES string of the molecule is CCCC(C)C(CN)N(C)CCSC. The Hall–Kier alpha value is 0.270. The third-order valence-corrected chi connectivity index (χ3v) is 3.45. The molecule has 0 amide bonds. The fourth-order valence-corrected chi connectivity index (χ4v) is 2.37. The zero-order valence-electron chi connectivity index (χ0n) is 10.1. The van der Waals surface area contributed by atoms with Crippen LogP contribution in [0.25, 0.3) is 0 Å². The maximum absolute atomic E-state index is 5.83. The van der Waals surface area contributed by atoms with Gasteiger partial charge in [-0.25, -0.2) is 0 Å². The number of nitrogens with zero attached hydrogens (tertiary/aromatic N) is 1. The highest BCUT2D eigenvalue weighted by atomic mass is 32.2. The van der Waals surface area contributed by atoms with Gasteiger partial charge in [-0.1, -0.05) is 20.3 Å². The quantitative estimate of drug-likeness (QED) is 0.676. The molecule has 0 bridgehead atoms. The zero-order valence-corrected chi connectivity index (χ0v) is 10.9. The van der Waals surface area contributed by atoms with Gasteiger partial charge in [0.2, 0.25) is 0 Å². The van der Waals surface area contributed by atoms with E-state index in [0.717, 1.165) is 19.0 Å². The fourth-order valence-electron chi connectivity index (χ4n) is 1.90. The lowest BCUT2D eigenvalue weighted by Crippen LogP contribution is -2.43. The maximum atomic E-state index is 5.83. The molecule has 0 heterocycles. The average Bonchev–Trinajstić information content (AvgIpc) is 2.16. The molecule has 0 aromatic rings. The van der Waals surface area contributed by atoms with Crippen LogP contribution in [0.5, 0.6) is 0 Å². The van der Waals surface area contributed by atoms with Gasteiger partial charge in [0.25, 0.3) is 0 Å². The summed E-state index contributed by atoms with van der Waals surface area (Å²) in [7, 11) is 2.19. The highest BCUT2D eigenvalue weighted by Gasteiger charge is 2.18. The predicted molar refractivity (Wildman–Crippen MR) is 67.9 cm³/mol. The van der Waals surface area contributed by atoms with Crippen LogP contribution in [-0.2, 0) is 0 Å². The minimum atomic E-state index is 0.557. The molecule has 0 aliphatic heterocycles. The Bertz CT molecular complexity index is 130. The summed E-state index contributed by atoms with van der Waals surface area (Å²) in [6.45, 7) is 6.49. The molecule has 3 heteroatoms. The summed E-state index contributed by atoms with van der Waals surface area (Å²) in [4.78, 5) is 2.41. The second kappa shape index (κ2) is 8.57. The van der Waals surface area contributed by atoms with Crippen molar-refractivity contribution in [2.45, 2.75) is 32.7 Å². The number of hydrogen-bond acceptors (Lipinski definition) is 3. The lowest BCUT2D eigenvalue weighted by Gasteiger charge is -2.31.